The number of hydrogen-bond donors (Lipinski definition) is 2. The maximum Gasteiger partial charge on any atom is 0.225 e. The summed E-state index contributed by atoms with van der Waals surface area (Å²) in [7, 11) is -2.95. The van der Waals surface area contributed by atoms with E-state index in [2.05, 4.69) is 10.6 Å². The molecule has 0 radical (unpaired) electrons. The zero-order valence-corrected chi connectivity index (χ0v) is 11.9. The largest absolute Gasteiger partial charge is 0.384 e. The molecule has 1 saturated heterocycles. The van der Waals surface area contributed by atoms with Crippen molar-refractivity contribution < 1.29 is 13.2 Å². The third-order valence-electron chi connectivity index (χ3n) is 3.97. The lowest BCUT2D eigenvalue weighted by molar-refractivity contribution is -0.125. The number of hydrogen-bond acceptors (Lipinski definition) is 4. The maximum absolute atomic E-state index is 12.2. The van der Waals surface area contributed by atoms with Crippen LogP contribution in [0.3, 0.4) is 0 Å². The summed E-state index contributed by atoms with van der Waals surface area (Å²) < 4.78 is 22.8. The fourth-order valence-electron chi connectivity index (χ4n) is 2.85. The monoisotopic (exact) mass is 294 g/mol. The Morgan fingerprint density at radius 2 is 2.10 bits per heavy atom. The van der Waals surface area contributed by atoms with E-state index in [1.54, 1.807) is 0 Å². The van der Waals surface area contributed by atoms with Crippen LogP contribution in [-0.2, 0) is 21.1 Å². The molecule has 2 aliphatic rings. The van der Waals surface area contributed by atoms with Crippen LogP contribution < -0.4 is 10.6 Å². The summed E-state index contributed by atoms with van der Waals surface area (Å²) in [5.74, 6) is 0.0846. The highest BCUT2D eigenvalue weighted by atomic mass is 32.2. The van der Waals surface area contributed by atoms with Gasteiger partial charge in [-0.25, -0.2) is 8.42 Å². The normalized spacial score (nSPS) is 27.4. The Hall–Kier alpha value is -1.56. The lowest BCUT2D eigenvalue weighted by atomic mass is 9.93. The van der Waals surface area contributed by atoms with Gasteiger partial charge >= 0.3 is 0 Å². The molecule has 0 bridgehead atoms. The van der Waals surface area contributed by atoms with Crippen molar-refractivity contribution in [3.8, 4) is 0 Å². The number of nitrogens with one attached hydrogen (secondary N) is 2. The number of sulfone groups is 1. The Morgan fingerprint density at radius 1 is 1.30 bits per heavy atom. The van der Waals surface area contributed by atoms with Crippen molar-refractivity contribution in [2.24, 2.45) is 5.92 Å². The van der Waals surface area contributed by atoms with E-state index in [0.717, 1.165) is 11.3 Å². The van der Waals surface area contributed by atoms with E-state index in [0.29, 0.717) is 19.4 Å². The maximum atomic E-state index is 12.2. The van der Waals surface area contributed by atoms with Crippen molar-refractivity contribution in [1.29, 1.82) is 0 Å². The smallest absolute Gasteiger partial charge is 0.225 e. The molecule has 2 aliphatic heterocycles. The highest BCUT2D eigenvalue weighted by Gasteiger charge is 2.31. The lowest BCUT2D eigenvalue weighted by Crippen LogP contribution is -2.43. The molecule has 2 atom stereocenters. The van der Waals surface area contributed by atoms with Gasteiger partial charge in [-0.2, -0.15) is 0 Å². The minimum atomic E-state index is -2.95. The molecule has 2 heterocycles. The second kappa shape index (κ2) is 5.09. The molecular formula is C14H18N2O3S. The van der Waals surface area contributed by atoms with Crippen LogP contribution in [-0.4, -0.2) is 38.4 Å². The van der Waals surface area contributed by atoms with Gasteiger partial charge in [-0.05, 0) is 24.5 Å². The molecule has 0 aromatic heterocycles. The molecule has 0 spiro atoms. The van der Waals surface area contributed by atoms with Gasteiger partial charge in [-0.1, -0.05) is 18.2 Å². The van der Waals surface area contributed by atoms with Crippen molar-refractivity contribution in [3.05, 3.63) is 29.8 Å². The van der Waals surface area contributed by atoms with Crippen molar-refractivity contribution in [2.75, 3.05) is 23.4 Å². The van der Waals surface area contributed by atoms with E-state index >= 15 is 0 Å². The Kier molecular flexibility index (Phi) is 3.41. The van der Waals surface area contributed by atoms with Gasteiger partial charge < -0.3 is 10.6 Å². The summed E-state index contributed by atoms with van der Waals surface area (Å²) in [6.45, 7) is 0.600. The summed E-state index contributed by atoms with van der Waals surface area (Å²) in [4.78, 5) is 12.2. The number of fused-ring (bicyclic) bond motifs is 1. The number of carbonyl (C=O) groups is 1. The van der Waals surface area contributed by atoms with Gasteiger partial charge in [0, 0.05) is 18.3 Å². The van der Waals surface area contributed by atoms with E-state index in [4.69, 9.17) is 0 Å². The first kappa shape index (κ1) is 13.4. The molecule has 108 valence electrons. The first-order chi connectivity index (χ1) is 9.53. The van der Waals surface area contributed by atoms with Crippen LogP contribution in [0.25, 0.3) is 0 Å². The SMILES string of the molecule is O=C(NC1CCS(=O)(=O)C1)C1CNc2ccccc2C1. The Bertz CT molecular complexity index is 627. The summed E-state index contributed by atoms with van der Waals surface area (Å²) in [6, 6.07) is 7.74. The molecule has 2 unspecified atom stereocenters. The second-order valence-electron chi connectivity index (χ2n) is 5.55. The van der Waals surface area contributed by atoms with Crippen LogP contribution in [0.15, 0.2) is 24.3 Å². The quantitative estimate of drug-likeness (QED) is 0.836. The molecule has 1 aromatic carbocycles. The minimum absolute atomic E-state index is 0.0471. The molecule has 0 aliphatic carbocycles. The number of carbonyl (C=O) groups excluding carboxylic acids is 1. The first-order valence-electron chi connectivity index (χ1n) is 6.86. The Balaban J connectivity index is 1.62. The van der Waals surface area contributed by atoms with Crippen LogP contribution in [0.2, 0.25) is 0 Å². The fraction of sp³-hybridized carbons (Fsp3) is 0.500. The van der Waals surface area contributed by atoms with Gasteiger partial charge in [0.15, 0.2) is 9.84 Å². The van der Waals surface area contributed by atoms with Crippen molar-refractivity contribution in [2.45, 2.75) is 18.9 Å². The van der Waals surface area contributed by atoms with Gasteiger partial charge in [-0.15, -0.1) is 0 Å². The zero-order valence-electron chi connectivity index (χ0n) is 11.1. The van der Waals surface area contributed by atoms with Crippen molar-refractivity contribution in [1.82, 2.24) is 5.32 Å². The molecule has 1 aromatic rings. The summed E-state index contributed by atoms with van der Waals surface area (Å²) in [6.07, 6.45) is 1.24. The van der Waals surface area contributed by atoms with Crippen molar-refractivity contribution in [3.63, 3.8) is 0 Å². The first-order valence-corrected chi connectivity index (χ1v) is 8.68. The summed E-state index contributed by atoms with van der Waals surface area (Å²) in [5.41, 5.74) is 2.22. The predicted octanol–water partition coefficient (Wildman–Crippen LogP) is 0.574. The minimum Gasteiger partial charge on any atom is -0.384 e. The summed E-state index contributed by atoms with van der Waals surface area (Å²) >= 11 is 0. The lowest BCUT2D eigenvalue weighted by Gasteiger charge is -2.26. The van der Waals surface area contributed by atoms with Gasteiger partial charge in [0.05, 0.1) is 17.4 Å². The van der Waals surface area contributed by atoms with Gasteiger partial charge in [-0.3, -0.25) is 4.79 Å². The average Bonchev–Trinajstić information content (AvgIpc) is 2.77. The van der Waals surface area contributed by atoms with Crippen LogP contribution in [0.1, 0.15) is 12.0 Å². The second-order valence-corrected chi connectivity index (χ2v) is 7.78. The molecule has 2 N–H and O–H groups in total. The van der Waals surface area contributed by atoms with Gasteiger partial charge in [0.2, 0.25) is 5.91 Å². The Morgan fingerprint density at radius 3 is 2.85 bits per heavy atom. The fourth-order valence-corrected chi connectivity index (χ4v) is 4.53. The van der Waals surface area contributed by atoms with Crippen LogP contribution in [0, 0.1) is 5.92 Å². The Labute approximate surface area is 118 Å². The predicted molar refractivity (Wildman–Crippen MR) is 77.3 cm³/mol. The molecular weight excluding hydrogens is 276 g/mol. The molecule has 1 amide bonds. The van der Waals surface area contributed by atoms with Crippen LogP contribution >= 0.6 is 0 Å². The van der Waals surface area contributed by atoms with Crippen LogP contribution in [0.5, 0.6) is 0 Å². The highest BCUT2D eigenvalue weighted by molar-refractivity contribution is 7.91. The number of anilines is 1. The van der Waals surface area contributed by atoms with E-state index in [1.807, 2.05) is 24.3 Å². The molecule has 3 rings (SSSR count). The topological polar surface area (TPSA) is 75.3 Å². The molecule has 20 heavy (non-hydrogen) atoms. The number of benzene rings is 1. The van der Waals surface area contributed by atoms with E-state index < -0.39 is 9.84 Å². The molecule has 1 fully saturated rings. The number of amides is 1. The standard InChI is InChI=1S/C14H18N2O3S/c17-14(16-12-5-6-20(18,19)9-12)11-7-10-3-1-2-4-13(10)15-8-11/h1-4,11-12,15H,5-9H2,(H,16,17). The molecule has 5 nitrogen and oxygen atoms in total. The van der Waals surface area contributed by atoms with Crippen molar-refractivity contribution >= 4 is 21.4 Å². The molecule has 6 heteroatoms. The van der Waals surface area contributed by atoms with Crippen LogP contribution in [0.4, 0.5) is 5.69 Å². The van der Waals surface area contributed by atoms with Gasteiger partial charge in [0.25, 0.3) is 0 Å². The molecule has 0 saturated carbocycles. The summed E-state index contributed by atoms with van der Waals surface area (Å²) in [5, 5.41) is 6.13. The van der Waals surface area contributed by atoms with E-state index in [1.165, 1.54) is 0 Å². The van der Waals surface area contributed by atoms with Gasteiger partial charge in [0.1, 0.15) is 0 Å². The highest BCUT2D eigenvalue weighted by Crippen LogP contribution is 2.24. The third-order valence-corrected chi connectivity index (χ3v) is 5.74. The van der Waals surface area contributed by atoms with E-state index in [-0.39, 0.29) is 29.4 Å². The van der Waals surface area contributed by atoms with E-state index in [9.17, 15) is 13.2 Å². The average molecular weight is 294 g/mol. The number of rotatable bonds is 2. The zero-order chi connectivity index (χ0) is 14.2. The third kappa shape index (κ3) is 2.80. The number of para-hydroxylation sites is 1.